The second-order valence-electron chi connectivity index (χ2n) is 9.18. The fourth-order valence-corrected chi connectivity index (χ4v) is 8.19. The quantitative estimate of drug-likeness (QED) is 0.507. The monoisotopic (exact) mass is 419 g/mol. The second-order valence-corrected chi connectivity index (χ2v) is 12.3. The first-order valence-electron chi connectivity index (χ1n) is 11.9. The molecular formula is C25H42NO2P. The largest absolute Gasteiger partial charge is 0.375 e. The number of aryl methyl sites for hydroxylation is 1. The van der Waals surface area contributed by atoms with E-state index in [9.17, 15) is 0 Å². The Hall–Kier alpha value is -0.600. The number of rotatable bonds is 10. The van der Waals surface area contributed by atoms with Crippen LogP contribution in [0.5, 0.6) is 0 Å². The third kappa shape index (κ3) is 7.55. The molecule has 2 fully saturated rings. The van der Waals surface area contributed by atoms with Crippen molar-refractivity contribution >= 4 is 13.4 Å². The van der Waals surface area contributed by atoms with Gasteiger partial charge in [-0.25, -0.2) is 0 Å². The van der Waals surface area contributed by atoms with Gasteiger partial charge >= 0.3 is 0 Å². The third-order valence-corrected chi connectivity index (χ3v) is 9.53. The van der Waals surface area contributed by atoms with Gasteiger partial charge in [0.2, 0.25) is 0 Å². The summed E-state index contributed by atoms with van der Waals surface area (Å²) in [5.41, 5.74) is 2.84. The molecule has 1 heterocycles. The minimum absolute atomic E-state index is 0.249. The van der Waals surface area contributed by atoms with E-state index in [0.717, 1.165) is 38.3 Å². The van der Waals surface area contributed by atoms with Gasteiger partial charge in [-0.3, -0.25) is 0 Å². The SMILES string of the molecule is C=P(CC1CCCCC1)(CC1CNC(Cc2ccc(CCC)cc2)CO1)OCC. The number of morpholine rings is 1. The van der Waals surface area contributed by atoms with Crippen molar-refractivity contribution in [3.63, 3.8) is 0 Å². The van der Waals surface area contributed by atoms with Gasteiger partial charge in [-0.1, -0.05) is 76.0 Å². The Kier molecular flexibility index (Phi) is 9.31. The summed E-state index contributed by atoms with van der Waals surface area (Å²) in [7, 11) is -1.62. The molecule has 1 saturated heterocycles. The van der Waals surface area contributed by atoms with Crippen molar-refractivity contribution in [3.05, 3.63) is 35.4 Å². The van der Waals surface area contributed by atoms with Crippen LogP contribution in [0.3, 0.4) is 0 Å². The highest BCUT2D eigenvalue weighted by atomic mass is 31.2. The van der Waals surface area contributed by atoms with E-state index < -0.39 is 7.11 Å². The highest BCUT2D eigenvalue weighted by Gasteiger charge is 2.29. The molecule has 3 unspecified atom stereocenters. The van der Waals surface area contributed by atoms with E-state index in [1.165, 1.54) is 62.2 Å². The minimum atomic E-state index is -1.62. The van der Waals surface area contributed by atoms with Crippen molar-refractivity contribution in [2.75, 3.05) is 32.1 Å². The molecule has 1 aliphatic heterocycles. The van der Waals surface area contributed by atoms with Crippen LogP contribution in [0.25, 0.3) is 0 Å². The highest BCUT2D eigenvalue weighted by molar-refractivity contribution is 7.69. The molecule has 0 spiro atoms. The van der Waals surface area contributed by atoms with E-state index in [1.54, 1.807) is 0 Å². The topological polar surface area (TPSA) is 30.5 Å². The van der Waals surface area contributed by atoms with Crippen LogP contribution in [0.15, 0.2) is 24.3 Å². The van der Waals surface area contributed by atoms with Crippen LogP contribution in [-0.2, 0) is 22.1 Å². The van der Waals surface area contributed by atoms with Crippen molar-refractivity contribution in [2.24, 2.45) is 5.92 Å². The first-order chi connectivity index (χ1) is 14.1. The van der Waals surface area contributed by atoms with E-state index in [-0.39, 0.29) is 6.10 Å². The molecular weight excluding hydrogens is 377 g/mol. The van der Waals surface area contributed by atoms with Crippen LogP contribution >= 0.6 is 7.11 Å². The lowest BCUT2D eigenvalue weighted by Gasteiger charge is -2.36. The molecule has 2 aliphatic rings. The summed E-state index contributed by atoms with van der Waals surface area (Å²) in [5, 5.41) is 3.74. The Balaban J connectivity index is 1.46. The van der Waals surface area contributed by atoms with Gasteiger partial charge < -0.3 is 14.6 Å². The average Bonchev–Trinajstić information content (AvgIpc) is 2.72. The van der Waals surface area contributed by atoms with Crippen molar-refractivity contribution in [3.8, 4) is 0 Å². The van der Waals surface area contributed by atoms with Crippen molar-refractivity contribution < 1.29 is 9.26 Å². The van der Waals surface area contributed by atoms with Crippen molar-refractivity contribution in [2.45, 2.75) is 77.4 Å². The maximum atomic E-state index is 6.30. The fourth-order valence-electron chi connectivity index (χ4n) is 5.00. The Morgan fingerprint density at radius 1 is 1.07 bits per heavy atom. The molecule has 0 amide bonds. The lowest BCUT2D eigenvalue weighted by molar-refractivity contribution is 0.0166. The van der Waals surface area contributed by atoms with Gasteiger partial charge in [-0.15, -0.1) is 0 Å². The standard InChI is InChI=1S/C25H42NO2P/c1-4-9-21-12-14-22(15-13-21)16-24-18-27-25(17-26-24)20-29(3,28-5-2)19-23-10-7-6-8-11-23/h12-15,23-26H,3-11,16-20H2,1-2H3. The van der Waals surface area contributed by atoms with Gasteiger partial charge in [-0.2, -0.15) is 0 Å². The Bertz CT molecular complexity index is 631. The summed E-state index contributed by atoms with van der Waals surface area (Å²) >= 11 is 0. The van der Waals surface area contributed by atoms with Crippen molar-refractivity contribution in [1.29, 1.82) is 0 Å². The van der Waals surface area contributed by atoms with Crippen LogP contribution in [0, 0.1) is 5.92 Å². The van der Waals surface area contributed by atoms with Gasteiger partial charge in [0.15, 0.2) is 0 Å². The number of ether oxygens (including phenoxy) is 1. The normalized spacial score (nSPS) is 25.6. The first kappa shape index (κ1) is 23.1. The lowest BCUT2D eigenvalue weighted by atomic mass is 9.91. The Morgan fingerprint density at radius 2 is 1.79 bits per heavy atom. The number of hydrogen-bond donors (Lipinski definition) is 1. The zero-order valence-corrected chi connectivity index (χ0v) is 19.6. The number of hydrogen-bond acceptors (Lipinski definition) is 3. The molecule has 1 aromatic carbocycles. The predicted molar refractivity (Wildman–Crippen MR) is 128 cm³/mol. The Morgan fingerprint density at radius 3 is 2.41 bits per heavy atom. The lowest BCUT2D eigenvalue weighted by Crippen LogP contribution is -2.48. The summed E-state index contributed by atoms with van der Waals surface area (Å²) < 4.78 is 12.6. The number of benzene rings is 1. The fraction of sp³-hybridized carbons (Fsp3) is 0.720. The molecule has 1 aliphatic carbocycles. The highest BCUT2D eigenvalue weighted by Crippen LogP contribution is 2.51. The Labute approximate surface area is 179 Å². The summed E-state index contributed by atoms with van der Waals surface area (Å²) in [6.07, 6.45) is 17.4. The molecule has 1 saturated carbocycles. The zero-order valence-electron chi connectivity index (χ0n) is 18.7. The van der Waals surface area contributed by atoms with Crippen LogP contribution < -0.4 is 5.32 Å². The van der Waals surface area contributed by atoms with E-state index >= 15 is 0 Å². The smallest absolute Gasteiger partial charge is 0.0759 e. The number of nitrogens with one attached hydrogen (secondary N) is 1. The molecule has 1 aromatic rings. The molecule has 3 atom stereocenters. The van der Waals surface area contributed by atoms with E-state index in [2.05, 4.69) is 49.7 Å². The maximum absolute atomic E-state index is 6.30. The molecule has 0 aromatic heterocycles. The van der Waals surface area contributed by atoms with E-state index in [4.69, 9.17) is 9.26 Å². The molecule has 0 radical (unpaired) electrons. The van der Waals surface area contributed by atoms with Crippen LogP contribution in [0.1, 0.15) is 63.5 Å². The third-order valence-electron chi connectivity index (χ3n) is 6.47. The molecule has 4 heteroatoms. The van der Waals surface area contributed by atoms with E-state index in [0.29, 0.717) is 6.04 Å². The molecule has 29 heavy (non-hydrogen) atoms. The van der Waals surface area contributed by atoms with E-state index in [1.807, 2.05) is 0 Å². The van der Waals surface area contributed by atoms with Crippen LogP contribution in [-0.4, -0.2) is 50.5 Å². The van der Waals surface area contributed by atoms with Crippen molar-refractivity contribution in [1.82, 2.24) is 5.32 Å². The van der Waals surface area contributed by atoms with Gasteiger partial charge in [0.1, 0.15) is 0 Å². The zero-order chi connectivity index (χ0) is 20.5. The van der Waals surface area contributed by atoms with Crippen LogP contribution in [0.4, 0.5) is 0 Å². The predicted octanol–water partition coefficient (Wildman–Crippen LogP) is 5.52. The summed E-state index contributed by atoms with van der Waals surface area (Å²) in [4.78, 5) is 0. The van der Waals surface area contributed by atoms with Gasteiger partial charge in [0, 0.05) is 32.5 Å². The minimum Gasteiger partial charge on any atom is -0.375 e. The summed E-state index contributed by atoms with van der Waals surface area (Å²) in [5.74, 6) is 0.820. The summed E-state index contributed by atoms with van der Waals surface area (Å²) in [6, 6.07) is 9.53. The van der Waals surface area contributed by atoms with Crippen LogP contribution in [0.2, 0.25) is 0 Å². The molecule has 0 bridgehead atoms. The molecule has 164 valence electrons. The average molecular weight is 420 g/mol. The molecule has 3 rings (SSSR count). The first-order valence-corrected chi connectivity index (χ1v) is 14.1. The molecule has 3 nitrogen and oxygen atoms in total. The van der Waals surface area contributed by atoms with Gasteiger partial charge in [-0.05, 0) is 43.0 Å². The molecule has 1 N–H and O–H groups in total. The van der Waals surface area contributed by atoms with Gasteiger partial charge in [0.05, 0.1) is 12.7 Å². The second kappa shape index (κ2) is 11.7. The van der Waals surface area contributed by atoms with Gasteiger partial charge in [0.25, 0.3) is 0 Å². The maximum Gasteiger partial charge on any atom is 0.0759 e. The summed E-state index contributed by atoms with van der Waals surface area (Å²) in [6.45, 7) is 6.84.